The van der Waals surface area contributed by atoms with Crippen molar-refractivity contribution in [2.75, 3.05) is 0 Å². The highest BCUT2D eigenvalue weighted by molar-refractivity contribution is 6.30. The van der Waals surface area contributed by atoms with Crippen LogP contribution in [0.25, 0.3) is 0 Å². The first-order valence-electron chi connectivity index (χ1n) is 2.01. The van der Waals surface area contributed by atoms with Crippen molar-refractivity contribution in [1.29, 1.82) is 0 Å². The lowest BCUT2D eigenvalue weighted by Gasteiger charge is -1.86. The zero-order valence-corrected chi connectivity index (χ0v) is 4.68. The first-order valence-corrected chi connectivity index (χ1v) is 2.39. The number of rotatable bonds is 0. The number of halogens is 1. The number of aromatic nitrogens is 1. The van der Waals surface area contributed by atoms with E-state index in [1.165, 1.54) is 12.3 Å². The Morgan fingerprint density at radius 1 is 1.75 bits per heavy atom. The van der Waals surface area contributed by atoms with Gasteiger partial charge < -0.3 is 5.11 Å². The van der Waals surface area contributed by atoms with Gasteiger partial charge >= 0.3 is 0 Å². The Morgan fingerprint density at radius 2 is 2.50 bits per heavy atom. The average molecular weight is 129 g/mol. The summed E-state index contributed by atoms with van der Waals surface area (Å²) in [5.74, 6) is -0.0301. The van der Waals surface area contributed by atoms with Crippen molar-refractivity contribution >= 4 is 11.6 Å². The van der Waals surface area contributed by atoms with Crippen LogP contribution in [-0.4, -0.2) is 10.1 Å². The predicted octanol–water partition coefficient (Wildman–Crippen LogP) is 1.24. The fourth-order valence-electron chi connectivity index (χ4n) is 0.360. The molecule has 0 aliphatic carbocycles. The molecular weight excluding hydrogens is 126 g/mol. The van der Waals surface area contributed by atoms with Crippen LogP contribution in [0.2, 0.25) is 5.02 Å². The van der Waals surface area contributed by atoms with Gasteiger partial charge in [-0.25, -0.2) is 4.98 Å². The molecule has 1 rings (SSSR count). The monoisotopic (exact) mass is 128 g/mol. The number of hydrogen-bond donors (Lipinski definition) is 1. The molecule has 1 heterocycles. The van der Waals surface area contributed by atoms with Crippen LogP contribution in [-0.2, 0) is 0 Å². The minimum absolute atomic E-state index is 0.0301. The highest BCUT2D eigenvalue weighted by Crippen LogP contribution is 2.11. The summed E-state index contributed by atoms with van der Waals surface area (Å²) in [6.07, 6.45) is 3.70. The number of hydrogen-bond acceptors (Lipinski definition) is 2. The fourth-order valence-corrected chi connectivity index (χ4v) is 0.512. The number of nitrogens with zero attached hydrogens (tertiary/aromatic N) is 1. The van der Waals surface area contributed by atoms with Crippen molar-refractivity contribution in [3.8, 4) is 5.75 Å². The van der Waals surface area contributed by atoms with E-state index in [2.05, 4.69) is 11.2 Å². The second kappa shape index (κ2) is 2.01. The Labute approximate surface area is 51.7 Å². The Bertz CT molecular complexity index is 172. The summed E-state index contributed by atoms with van der Waals surface area (Å²) in [6, 6.07) is 1.37. The lowest BCUT2D eigenvalue weighted by atomic mass is 10.5. The smallest absolute Gasteiger partial charge is 0.145 e. The lowest BCUT2D eigenvalue weighted by Crippen LogP contribution is -1.69. The molecule has 0 aliphatic heterocycles. The van der Waals surface area contributed by atoms with Gasteiger partial charge in [-0.1, -0.05) is 11.6 Å². The van der Waals surface area contributed by atoms with E-state index in [-0.39, 0.29) is 5.75 Å². The Kier molecular flexibility index (Phi) is 1.35. The second-order valence-corrected chi connectivity index (χ2v) is 1.72. The molecule has 1 N–H and O–H groups in total. The molecule has 0 saturated carbocycles. The Morgan fingerprint density at radius 3 is 2.88 bits per heavy atom. The first-order chi connectivity index (χ1) is 3.79. The van der Waals surface area contributed by atoms with Crippen molar-refractivity contribution < 1.29 is 5.11 Å². The molecule has 3 heteroatoms. The van der Waals surface area contributed by atoms with Crippen LogP contribution in [0.5, 0.6) is 5.75 Å². The summed E-state index contributed by atoms with van der Waals surface area (Å²) in [5, 5.41) is 9.03. The largest absolute Gasteiger partial charge is 0.506 e. The van der Waals surface area contributed by atoms with Gasteiger partial charge in [-0.05, 0) is 0 Å². The van der Waals surface area contributed by atoms with E-state index < -0.39 is 0 Å². The molecule has 0 saturated heterocycles. The van der Waals surface area contributed by atoms with Gasteiger partial charge in [-0.2, -0.15) is 0 Å². The maximum Gasteiger partial charge on any atom is 0.145 e. The third-order valence-corrected chi connectivity index (χ3v) is 0.848. The Hall–Kier alpha value is -0.760. The molecule has 0 atom stereocenters. The minimum Gasteiger partial charge on any atom is -0.506 e. The summed E-state index contributed by atoms with van der Waals surface area (Å²) >= 11 is 5.40. The molecule has 1 aromatic heterocycles. The summed E-state index contributed by atoms with van der Waals surface area (Å²) in [5.41, 5.74) is 0. The molecular formula is C5H3ClNO. The van der Waals surface area contributed by atoms with E-state index in [1.54, 1.807) is 0 Å². The van der Waals surface area contributed by atoms with E-state index in [4.69, 9.17) is 16.7 Å². The normalized spacial score (nSPS) is 9.12. The zero-order valence-electron chi connectivity index (χ0n) is 3.93. The molecule has 1 aromatic rings. The van der Waals surface area contributed by atoms with Crippen LogP contribution < -0.4 is 0 Å². The van der Waals surface area contributed by atoms with E-state index in [0.717, 1.165) is 0 Å². The maximum absolute atomic E-state index is 8.61. The molecule has 0 amide bonds. The van der Waals surface area contributed by atoms with Crippen LogP contribution >= 0.6 is 11.6 Å². The van der Waals surface area contributed by atoms with Crippen molar-refractivity contribution in [2.24, 2.45) is 0 Å². The standard InChI is InChI=1S/C5H3ClNO/c6-4-1-5(8)3-7-2-4/h1-2,8H. The van der Waals surface area contributed by atoms with Gasteiger partial charge in [0.2, 0.25) is 0 Å². The van der Waals surface area contributed by atoms with E-state index in [9.17, 15) is 0 Å². The maximum atomic E-state index is 8.61. The van der Waals surface area contributed by atoms with Crippen LogP contribution in [0.15, 0.2) is 12.3 Å². The molecule has 41 valence electrons. The highest BCUT2D eigenvalue weighted by atomic mass is 35.5. The molecule has 1 radical (unpaired) electrons. The van der Waals surface area contributed by atoms with Crippen molar-refractivity contribution in [3.63, 3.8) is 0 Å². The third-order valence-electron chi connectivity index (χ3n) is 0.642. The van der Waals surface area contributed by atoms with Gasteiger partial charge in [0.05, 0.1) is 5.02 Å². The highest BCUT2D eigenvalue weighted by Gasteiger charge is 1.87. The van der Waals surface area contributed by atoms with Crippen molar-refractivity contribution in [3.05, 3.63) is 23.5 Å². The summed E-state index contributed by atoms with van der Waals surface area (Å²) in [7, 11) is 0. The van der Waals surface area contributed by atoms with E-state index >= 15 is 0 Å². The molecule has 0 bridgehead atoms. The van der Waals surface area contributed by atoms with Gasteiger partial charge in [0.1, 0.15) is 11.9 Å². The SMILES string of the molecule is Oc1[c]ncc(Cl)c1. The predicted molar refractivity (Wildman–Crippen MR) is 29.7 cm³/mol. The summed E-state index contributed by atoms with van der Waals surface area (Å²) in [4.78, 5) is 3.48. The average Bonchev–Trinajstić information content (AvgIpc) is 1.64. The first kappa shape index (κ1) is 5.38. The fraction of sp³-hybridized carbons (Fsp3) is 0. The topological polar surface area (TPSA) is 33.1 Å². The van der Waals surface area contributed by atoms with Crippen LogP contribution in [0, 0.1) is 6.20 Å². The Balaban J connectivity index is 3.08. The summed E-state index contributed by atoms with van der Waals surface area (Å²) < 4.78 is 0. The molecule has 0 aliphatic rings. The van der Waals surface area contributed by atoms with Gasteiger partial charge in [0, 0.05) is 12.3 Å². The molecule has 0 unspecified atom stereocenters. The number of pyridine rings is 1. The van der Waals surface area contributed by atoms with Crippen molar-refractivity contribution in [1.82, 2.24) is 4.98 Å². The molecule has 2 nitrogen and oxygen atoms in total. The van der Waals surface area contributed by atoms with Gasteiger partial charge in [0.15, 0.2) is 0 Å². The quantitative estimate of drug-likeness (QED) is 0.570. The van der Waals surface area contributed by atoms with E-state index in [1.807, 2.05) is 0 Å². The minimum atomic E-state index is -0.0301. The van der Waals surface area contributed by atoms with E-state index in [0.29, 0.717) is 5.02 Å². The zero-order chi connectivity index (χ0) is 5.98. The lowest BCUT2D eigenvalue weighted by molar-refractivity contribution is 0.471. The van der Waals surface area contributed by atoms with Gasteiger partial charge in [-0.3, -0.25) is 0 Å². The van der Waals surface area contributed by atoms with Crippen LogP contribution in [0.3, 0.4) is 0 Å². The molecule has 0 aromatic carbocycles. The van der Waals surface area contributed by atoms with Crippen LogP contribution in [0.4, 0.5) is 0 Å². The molecule has 0 fully saturated rings. The summed E-state index contributed by atoms with van der Waals surface area (Å²) in [6.45, 7) is 0. The van der Waals surface area contributed by atoms with Crippen molar-refractivity contribution in [2.45, 2.75) is 0 Å². The van der Waals surface area contributed by atoms with Crippen LogP contribution in [0.1, 0.15) is 0 Å². The van der Waals surface area contributed by atoms with Gasteiger partial charge in [0.25, 0.3) is 0 Å². The van der Waals surface area contributed by atoms with Gasteiger partial charge in [-0.15, -0.1) is 0 Å². The molecule has 8 heavy (non-hydrogen) atoms. The molecule has 0 spiro atoms. The second-order valence-electron chi connectivity index (χ2n) is 1.28. The third kappa shape index (κ3) is 1.10. The number of aromatic hydroxyl groups is 1.